The standard InChI is InChI=1S/C43H81N2O18P/c1-25(2)12-11-14-26(3)15-16-28(5)17-20-43(7,8)19-10-9-13-27(4)18-21-57-32(39(52)53)24-58-64(55,56)63-41-38(37(62-42(44)54)35(50)31(23-47)60-41)61-40-33(45-29(6)48)36(51)34(49)30(22-46)59-40/h25-28,30-38,40-41,46-47,49-51H,9-24H2,1-8H3,(H2,44,54)(H,45,48)(H,52,53)(H,55,56)/t26?,27?,28?,30-,31-,32-,33-,34-,35-,36-,37+,38-,40+,41-/m1/s1. The minimum atomic E-state index is -5.37. The zero-order valence-electron chi connectivity index (χ0n) is 39.1. The Balaban J connectivity index is 1.96. The van der Waals surface area contributed by atoms with Gasteiger partial charge in [-0.3, -0.25) is 13.8 Å². The summed E-state index contributed by atoms with van der Waals surface area (Å²) in [6.07, 6.45) is -6.36. The van der Waals surface area contributed by atoms with E-state index < -0.39 is 113 Å². The Labute approximate surface area is 378 Å². The van der Waals surface area contributed by atoms with E-state index in [9.17, 15) is 54.5 Å². The van der Waals surface area contributed by atoms with Crippen molar-refractivity contribution in [1.29, 1.82) is 0 Å². The molecule has 21 heteroatoms. The van der Waals surface area contributed by atoms with Crippen molar-refractivity contribution in [2.24, 2.45) is 34.8 Å². The molecule has 0 saturated carbocycles. The quantitative estimate of drug-likeness (QED) is 0.0353. The van der Waals surface area contributed by atoms with Crippen LogP contribution in [0.5, 0.6) is 0 Å². The van der Waals surface area contributed by atoms with E-state index >= 15 is 0 Å². The van der Waals surface area contributed by atoms with Crippen LogP contribution in [-0.4, -0.2) is 147 Å². The van der Waals surface area contributed by atoms with Crippen molar-refractivity contribution >= 4 is 25.8 Å². The smallest absolute Gasteiger partial charge is 0.474 e. The average Bonchev–Trinajstić information content (AvgIpc) is 3.20. The highest BCUT2D eigenvalue weighted by Crippen LogP contribution is 2.47. The Hall–Kier alpha value is -2.04. The molecule has 2 amide bonds. The number of aliphatic hydroxyl groups is 5. The molecule has 376 valence electrons. The van der Waals surface area contributed by atoms with Gasteiger partial charge in [0.15, 0.2) is 30.9 Å². The van der Waals surface area contributed by atoms with Crippen molar-refractivity contribution in [2.75, 3.05) is 26.4 Å². The van der Waals surface area contributed by atoms with E-state index in [4.69, 9.17) is 38.5 Å². The van der Waals surface area contributed by atoms with Crippen LogP contribution >= 0.6 is 7.82 Å². The molecule has 0 radical (unpaired) electrons. The number of nitrogens with one attached hydrogen (secondary N) is 1. The Kier molecular flexibility index (Phi) is 25.7. The molecule has 15 atom stereocenters. The van der Waals surface area contributed by atoms with Crippen molar-refractivity contribution in [3.05, 3.63) is 0 Å². The number of carboxylic acid groups (broad SMARTS) is 1. The zero-order valence-corrected chi connectivity index (χ0v) is 40.0. The van der Waals surface area contributed by atoms with Gasteiger partial charge in [0.25, 0.3) is 0 Å². The number of phosphoric acid groups is 1. The van der Waals surface area contributed by atoms with Crippen molar-refractivity contribution in [3.8, 4) is 0 Å². The zero-order chi connectivity index (χ0) is 48.4. The Morgan fingerprint density at radius 3 is 1.92 bits per heavy atom. The van der Waals surface area contributed by atoms with Gasteiger partial charge in [0.1, 0.15) is 36.6 Å². The molecule has 2 aliphatic rings. The van der Waals surface area contributed by atoms with Gasteiger partial charge in [-0.1, -0.05) is 106 Å². The number of aliphatic carboxylic acids is 1. The number of carboxylic acids is 1. The third-order valence-electron chi connectivity index (χ3n) is 12.2. The summed E-state index contributed by atoms with van der Waals surface area (Å²) in [5.41, 5.74) is 5.45. The highest BCUT2D eigenvalue weighted by atomic mass is 31.2. The number of phosphoric ester groups is 1. The van der Waals surface area contributed by atoms with Gasteiger partial charge >= 0.3 is 19.9 Å². The topological polar surface area (TPSA) is 313 Å². The van der Waals surface area contributed by atoms with E-state index in [0.29, 0.717) is 12.3 Å². The summed E-state index contributed by atoms with van der Waals surface area (Å²) in [7, 11) is -5.37. The van der Waals surface area contributed by atoms with Crippen molar-refractivity contribution in [3.63, 3.8) is 0 Å². The Morgan fingerprint density at radius 1 is 0.766 bits per heavy atom. The number of carbonyl (C=O) groups excluding carboxylic acids is 2. The first kappa shape index (κ1) is 58.1. The molecule has 0 aliphatic carbocycles. The minimum absolute atomic E-state index is 0.00783. The second-order valence-corrected chi connectivity index (χ2v) is 20.6. The molecular weight excluding hydrogens is 863 g/mol. The molecule has 0 bridgehead atoms. The molecule has 20 nitrogen and oxygen atoms in total. The number of nitrogens with two attached hydrogens (primary N) is 1. The number of amides is 2. The van der Waals surface area contributed by atoms with E-state index in [1.54, 1.807) is 0 Å². The molecule has 10 N–H and O–H groups in total. The maximum atomic E-state index is 13.3. The van der Waals surface area contributed by atoms with Gasteiger partial charge in [0.05, 0.1) is 19.8 Å². The third kappa shape index (κ3) is 20.9. The number of aliphatic hydroxyl groups excluding tert-OH is 5. The molecular formula is C43H81N2O18P. The summed E-state index contributed by atoms with van der Waals surface area (Å²) in [5.74, 6) is 0.222. The fourth-order valence-corrected chi connectivity index (χ4v) is 8.76. The molecule has 0 aromatic carbocycles. The van der Waals surface area contributed by atoms with E-state index in [1.807, 2.05) is 6.92 Å². The second kappa shape index (κ2) is 28.3. The predicted molar refractivity (Wildman–Crippen MR) is 232 cm³/mol. The number of hydrogen-bond acceptors (Lipinski definition) is 16. The summed E-state index contributed by atoms with van der Waals surface area (Å²) >= 11 is 0. The first-order valence-electron chi connectivity index (χ1n) is 22.9. The van der Waals surface area contributed by atoms with Crippen LogP contribution in [0.1, 0.15) is 132 Å². The lowest BCUT2D eigenvalue weighted by molar-refractivity contribution is -0.344. The number of rotatable bonds is 31. The average molecular weight is 945 g/mol. The number of unbranched alkanes of at least 4 members (excludes halogenated alkanes) is 1. The molecule has 0 spiro atoms. The van der Waals surface area contributed by atoms with Gasteiger partial charge in [-0.25, -0.2) is 14.2 Å². The maximum Gasteiger partial charge on any atom is 0.474 e. The maximum absolute atomic E-state index is 13.3. The number of primary amides is 1. The van der Waals surface area contributed by atoms with Gasteiger partial charge in [0, 0.05) is 13.5 Å². The normalized spacial score (nSPS) is 29.4. The van der Waals surface area contributed by atoms with Crippen LogP contribution in [0.15, 0.2) is 0 Å². The Bertz CT molecular complexity index is 1430. The first-order chi connectivity index (χ1) is 29.9. The molecule has 2 fully saturated rings. The van der Waals surface area contributed by atoms with Crippen LogP contribution in [0.25, 0.3) is 0 Å². The minimum Gasteiger partial charge on any atom is -0.479 e. The number of hydrogen-bond donors (Lipinski definition) is 9. The first-order valence-corrected chi connectivity index (χ1v) is 24.3. The second-order valence-electron chi connectivity index (χ2n) is 19.2. The van der Waals surface area contributed by atoms with E-state index in [0.717, 1.165) is 44.4 Å². The Morgan fingerprint density at radius 2 is 1.34 bits per heavy atom. The van der Waals surface area contributed by atoms with Gasteiger partial charge in [-0.05, 0) is 48.3 Å². The van der Waals surface area contributed by atoms with Gasteiger partial charge in [-0.2, -0.15) is 0 Å². The lowest BCUT2D eigenvalue weighted by atomic mass is 9.79. The molecule has 0 aromatic rings. The molecule has 4 unspecified atom stereocenters. The highest BCUT2D eigenvalue weighted by molar-refractivity contribution is 7.47. The van der Waals surface area contributed by atoms with Crippen LogP contribution in [0.4, 0.5) is 4.79 Å². The molecule has 2 rings (SSSR count). The van der Waals surface area contributed by atoms with Gasteiger partial charge in [-0.15, -0.1) is 0 Å². The summed E-state index contributed by atoms with van der Waals surface area (Å²) in [4.78, 5) is 46.7. The van der Waals surface area contributed by atoms with E-state index in [1.165, 1.54) is 44.9 Å². The fraction of sp³-hybridized carbons (Fsp3) is 0.930. The van der Waals surface area contributed by atoms with Crippen LogP contribution in [0.2, 0.25) is 0 Å². The number of ether oxygens (including phenoxy) is 5. The van der Waals surface area contributed by atoms with Crippen LogP contribution in [0.3, 0.4) is 0 Å². The number of carbonyl (C=O) groups is 3. The molecule has 2 aliphatic heterocycles. The van der Waals surface area contributed by atoms with Gasteiger partial charge in [0.2, 0.25) is 5.91 Å². The van der Waals surface area contributed by atoms with Crippen molar-refractivity contribution < 1.29 is 87.2 Å². The summed E-state index contributed by atoms with van der Waals surface area (Å²) < 4.78 is 50.9. The monoisotopic (exact) mass is 945 g/mol. The van der Waals surface area contributed by atoms with Gasteiger partial charge < -0.3 is 70.3 Å². The summed E-state index contributed by atoms with van der Waals surface area (Å²) in [5, 5.41) is 63.8. The van der Waals surface area contributed by atoms with Crippen molar-refractivity contribution in [2.45, 2.75) is 200 Å². The molecule has 64 heavy (non-hydrogen) atoms. The van der Waals surface area contributed by atoms with Crippen LogP contribution in [-0.2, 0) is 46.9 Å². The van der Waals surface area contributed by atoms with Crippen molar-refractivity contribution in [1.82, 2.24) is 5.32 Å². The van der Waals surface area contributed by atoms with Crippen LogP contribution in [0, 0.1) is 29.1 Å². The predicted octanol–water partition coefficient (Wildman–Crippen LogP) is 3.73. The van der Waals surface area contributed by atoms with E-state index in [-0.39, 0.29) is 17.9 Å². The molecule has 0 aromatic heterocycles. The lowest BCUT2D eigenvalue weighted by Gasteiger charge is -2.47. The fourth-order valence-electron chi connectivity index (χ4n) is 7.94. The SMILES string of the molecule is CC(=O)N[C@H]1[C@H](O[C@H]2[C@@H](OP(=O)(O)OC[C@@H](OCCC(C)CCCCC(C)(C)CCC(C)CCC(C)CCCC(C)C)C(=O)O)O[C@H](CO)[C@@H](O)[C@@H]2OC(N)=O)O[C@H](CO)[C@@H](O)[C@@H]1O. The molecule has 2 saturated heterocycles. The molecule has 2 heterocycles. The van der Waals surface area contributed by atoms with Crippen LogP contribution < -0.4 is 11.1 Å². The largest absolute Gasteiger partial charge is 0.479 e. The summed E-state index contributed by atoms with van der Waals surface area (Å²) in [6, 6.07) is -1.59. The van der Waals surface area contributed by atoms with E-state index in [2.05, 4.69) is 46.9 Å². The highest BCUT2D eigenvalue weighted by Gasteiger charge is 2.54. The lowest BCUT2D eigenvalue weighted by Crippen LogP contribution is -2.68. The summed E-state index contributed by atoms with van der Waals surface area (Å²) in [6.45, 7) is 14.3. The third-order valence-corrected chi connectivity index (χ3v) is 13.1.